The Morgan fingerprint density at radius 1 is 1.14 bits per heavy atom. The molecule has 2 nitrogen and oxygen atoms in total. The van der Waals surface area contributed by atoms with Gasteiger partial charge in [0.1, 0.15) is 0 Å². The molecule has 0 unspecified atom stereocenters. The average molecular weight is 290 g/mol. The molecule has 0 amide bonds. The Kier molecular flexibility index (Phi) is 3.44. The highest BCUT2D eigenvalue weighted by atomic mass is 16.5. The molecule has 0 radical (unpaired) electrons. The summed E-state index contributed by atoms with van der Waals surface area (Å²) in [5, 5.41) is 10.4. The van der Waals surface area contributed by atoms with Crippen molar-refractivity contribution < 1.29 is 9.84 Å². The number of aliphatic hydroxyl groups excluding tert-OH is 1. The quantitative estimate of drug-likeness (QED) is 0.676. The van der Waals surface area contributed by atoms with Crippen molar-refractivity contribution in [3.05, 3.63) is 17.9 Å². The summed E-state index contributed by atoms with van der Waals surface area (Å²) in [4.78, 5) is 0. The van der Waals surface area contributed by atoms with E-state index in [0.29, 0.717) is 5.92 Å². The highest BCUT2D eigenvalue weighted by molar-refractivity contribution is 5.24. The fourth-order valence-electron chi connectivity index (χ4n) is 5.53. The lowest BCUT2D eigenvalue weighted by molar-refractivity contribution is -0.180. The van der Waals surface area contributed by atoms with Crippen molar-refractivity contribution in [2.45, 2.75) is 84.0 Å². The van der Waals surface area contributed by atoms with Crippen molar-refractivity contribution in [3.63, 3.8) is 0 Å². The predicted molar refractivity (Wildman–Crippen MR) is 85.0 cm³/mol. The zero-order valence-electron chi connectivity index (χ0n) is 14.0. The van der Waals surface area contributed by atoms with Crippen LogP contribution in [0.5, 0.6) is 0 Å². The second kappa shape index (κ2) is 4.72. The van der Waals surface area contributed by atoms with E-state index < -0.39 is 5.60 Å². The summed E-state index contributed by atoms with van der Waals surface area (Å²) in [6, 6.07) is 0. The van der Waals surface area contributed by atoms with Crippen LogP contribution in [0.2, 0.25) is 0 Å². The highest BCUT2D eigenvalue weighted by Crippen LogP contribution is 2.64. The Hall–Kier alpha value is -0.560. The first-order chi connectivity index (χ1) is 9.74. The molecule has 2 saturated carbocycles. The van der Waals surface area contributed by atoms with Crippen LogP contribution in [-0.2, 0) is 4.74 Å². The van der Waals surface area contributed by atoms with Gasteiger partial charge in [0.05, 0.1) is 17.8 Å². The van der Waals surface area contributed by atoms with Gasteiger partial charge in [-0.2, -0.15) is 0 Å². The SMILES string of the molecule is C=C=C1CC[C@@H]2[C@@]3(C)CC[C@@H](O)C(C)(C)O[C@@H]3CC[C@@]12C. The molecule has 3 aliphatic rings. The van der Waals surface area contributed by atoms with Gasteiger partial charge in [-0.25, -0.2) is 0 Å². The molecule has 2 aliphatic carbocycles. The molecule has 0 spiro atoms. The lowest BCUT2D eigenvalue weighted by Crippen LogP contribution is -2.51. The van der Waals surface area contributed by atoms with Crippen molar-refractivity contribution >= 4 is 0 Å². The molecule has 1 aliphatic heterocycles. The number of aliphatic hydroxyl groups is 1. The van der Waals surface area contributed by atoms with E-state index in [4.69, 9.17) is 4.74 Å². The molecule has 3 rings (SSSR count). The zero-order chi connectivity index (χ0) is 15.5. The number of allylic oxidation sites excluding steroid dienone is 1. The standard InChI is InChI=1S/C19H30O2/c1-6-13-7-8-14-18(13,4)12-10-16-19(14,5)11-9-15(20)17(2,3)21-16/h14-16,20H,1,7-12H2,2-5H3/t14-,15+,16+,18-,19+/m0/s1. The van der Waals surface area contributed by atoms with Crippen LogP contribution >= 0.6 is 0 Å². The van der Waals surface area contributed by atoms with Gasteiger partial charge in [-0.05, 0) is 74.7 Å². The van der Waals surface area contributed by atoms with E-state index in [9.17, 15) is 5.11 Å². The van der Waals surface area contributed by atoms with Gasteiger partial charge in [-0.15, -0.1) is 5.73 Å². The molecule has 0 aromatic rings. The van der Waals surface area contributed by atoms with Gasteiger partial charge >= 0.3 is 0 Å². The number of ether oxygens (including phenoxy) is 1. The summed E-state index contributed by atoms with van der Waals surface area (Å²) >= 11 is 0. The largest absolute Gasteiger partial charge is 0.390 e. The van der Waals surface area contributed by atoms with Crippen molar-refractivity contribution in [1.29, 1.82) is 0 Å². The van der Waals surface area contributed by atoms with Gasteiger partial charge in [0, 0.05) is 0 Å². The normalized spacial score (nSPS) is 49.0. The molecule has 1 saturated heterocycles. The third-order valence-corrected chi connectivity index (χ3v) is 7.02. The second-order valence-electron chi connectivity index (χ2n) is 8.47. The second-order valence-corrected chi connectivity index (χ2v) is 8.47. The fraction of sp³-hybridized carbons (Fsp3) is 0.842. The maximum atomic E-state index is 10.4. The Morgan fingerprint density at radius 3 is 2.52 bits per heavy atom. The van der Waals surface area contributed by atoms with E-state index in [2.05, 4.69) is 26.2 Å². The minimum Gasteiger partial charge on any atom is -0.390 e. The first-order valence-electron chi connectivity index (χ1n) is 8.49. The van der Waals surface area contributed by atoms with Crippen LogP contribution < -0.4 is 0 Å². The van der Waals surface area contributed by atoms with Crippen LogP contribution in [0.1, 0.15) is 66.2 Å². The smallest absolute Gasteiger partial charge is 0.0888 e. The molecule has 2 heteroatoms. The molecule has 1 N–H and O–H groups in total. The summed E-state index contributed by atoms with van der Waals surface area (Å²) in [7, 11) is 0. The van der Waals surface area contributed by atoms with Crippen molar-refractivity contribution in [1.82, 2.24) is 0 Å². The molecule has 0 bridgehead atoms. The molecular formula is C19H30O2. The van der Waals surface area contributed by atoms with Gasteiger partial charge in [-0.1, -0.05) is 20.4 Å². The lowest BCUT2D eigenvalue weighted by atomic mass is 9.54. The van der Waals surface area contributed by atoms with Gasteiger partial charge in [0.25, 0.3) is 0 Å². The van der Waals surface area contributed by atoms with Gasteiger partial charge in [0.2, 0.25) is 0 Å². The fourth-order valence-corrected chi connectivity index (χ4v) is 5.53. The average Bonchev–Trinajstić information content (AvgIpc) is 2.73. The third kappa shape index (κ3) is 2.07. The minimum atomic E-state index is -0.425. The summed E-state index contributed by atoms with van der Waals surface area (Å²) in [6.07, 6.45) is 6.44. The van der Waals surface area contributed by atoms with E-state index in [1.54, 1.807) is 0 Å². The monoisotopic (exact) mass is 290 g/mol. The minimum absolute atomic E-state index is 0.167. The zero-order valence-corrected chi connectivity index (χ0v) is 14.0. The van der Waals surface area contributed by atoms with Crippen LogP contribution in [0.4, 0.5) is 0 Å². The Labute approximate surface area is 129 Å². The first-order valence-corrected chi connectivity index (χ1v) is 8.49. The number of fused-ring (bicyclic) bond motifs is 3. The summed E-state index contributed by atoms with van der Waals surface area (Å²) in [5.41, 5.74) is 4.65. The Bertz CT molecular complexity index is 488. The Balaban J connectivity index is 1.99. The summed E-state index contributed by atoms with van der Waals surface area (Å²) < 4.78 is 6.44. The molecular weight excluding hydrogens is 260 g/mol. The third-order valence-electron chi connectivity index (χ3n) is 7.02. The predicted octanol–water partition coefficient (Wildman–Crippen LogP) is 4.23. The topological polar surface area (TPSA) is 29.5 Å². The van der Waals surface area contributed by atoms with Crippen LogP contribution in [-0.4, -0.2) is 22.9 Å². The summed E-state index contributed by atoms with van der Waals surface area (Å²) in [6.45, 7) is 12.8. The number of hydrogen-bond donors (Lipinski definition) is 1. The van der Waals surface area contributed by atoms with E-state index in [0.717, 1.165) is 25.7 Å². The molecule has 0 aromatic carbocycles. The molecule has 118 valence electrons. The van der Waals surface area contributed by atoms with Crippen molar-refractivity contribution in [2.75, 3.05) is 0 Å². The van der Waals surface area contributed by atoms with E-state index in [1.807, 2.05) is 13.8 Å². The van der Waals surface area contributed by atoms with Crippen LogP contribution in [0.15, 0.2) is 17.9 Å². The first kappa shape index (κ1) is 15.3. The molecule has 3 fully saturated rings. The van der Waals surface area contributed by atoms with E-state index in [1.165, 1.54) is 18.4 Å². The van der Waals surface area contributed by atoms with Gasteiger partial charge in [-0.3, -0.25) is 0 Å². The van der Waals surface area contributed by atoms with Crippen molar-refractivity contribution in [3.8, 4) is 0 Å². The van der Waals surface area contributed by atoms with Crippen LogP contribution in [0, 0.1) is 16.7 Å². The lowest BCUT2D eigenvalue weighted by Gasteiger charge is -2.53. The Morgan fingerprint density at radius 2 is 1.86 bits per heavy atom. The van der Waals surface area contributed by atoms with E-state index >= 15 is 0 Å². The molecule has 1 heterocycles. The molecule has 0 aromatic heterocycles. The summed E-state index contributed by atoms with van der Waals surface area (Å²) in [5.74, 6) is 0.633. The van der Waals surface area contributed by atoms with E-state index in [-0.39, 0.29) is 23.0 Å². The number of rotatable bonds is 0. The highest BCUT2D eigenvalue weighted by Gasteiger charge is 2.59. The maximum Gasteiger partial charge on any atom is 0.0888 e. The maximum absolute atomic E-state index is 10.4. The molecule has 21 heavy (non-hydrogen) atoms. The molecule has 5 atom stereocenters. The van der Waals surface area contributed by atoms with Crippen molar-refractivity contribution in [2.24, 2.45) is 16.7 Å². The van der Waals surface area contributed by atoms with Crippen LogP contribution in [0.3, 0.4) is 0 Å². The van der Waals surface area contributed by atoms with Gasteiger partial charge in [0.15, 0.2) is 0 Å². The number of hydrogen-bond acceptors (Lipinski definition) is 2. The van der Waals surface area contributed by atoms with Crippen LogP contribution in [0.25, 0.3) is 0 Å². The van der Waals surface area contributed by atoms with Gasteiger partial charge < -0.3 is 9.84 Å².